The van der Waals surface area contributed by atoms with E-state index in [2.05, 4.69) is 31.0 Å². The lowest BCUT2D eigenvalue weighted by Crippen LogP contribution is -2.40. The molecule has 0 spiro atoms. The number of hydrogen-bond donors (Lipinski definition) is 1. The maximum atomic E-state index is 13.6. The van der Waals surface area contributed by atoms with Crippen molar-refractivity contribution in [1.29, 1.82) is 0 Å². The summed E-state index contributed by atoms with van der Waals surface area (Å²) in [5.74, 6) is -0.555. The Morgan fingerprint density at radius 2 is 1.68 bits per heavy atom. The van der Waals surface area contributed by atoms with Crippen LogP contribution in [-0.4, -0.2) is 31.7 Å². The first-order valence-corrected chi connectivity index (χ1v) is 14.2. The predicted molar refractivity (Wildman–Crippen MR) is 156 cm³/mol. The number of aryl methyl sites for hydroxylation is 3. The summed E-state index contributed by atoms with van der Waals surface area (Å²) in [7, 11) is -4.00. The largest absolute Gasteiger partial charge is 0.318 e. The van der Waals surface area contributed by atoms with Gasteiger partial charge in [-0.2, -0.15) is 5.10 Å². The standard InChI is InChI=1S/C29H29BrN4O3S/c1-20-12-14-27(15-13-20)38(36,37)33(28-11-6-5-8-21(28)2)19-29(35)32-31-18-24-16-22(3)34(23(24)4)26-10-7-9-25(30)17-26/h5-18H,19H2,1-4H3,(H,32,35)/b31-18-. The van der Waals surface area contributed by atoms with Gasteiger partial charge in [0.1, 0.15) is 6.54 Å². The molecule has 196 valence electrons. The molecule has 0 fully saturated rings. The highest BCUT2D eigenvalue weighted by molar-refractivity contribution is 9.10. The Kier molecular flexibility index (Phi) is 8.18. The number of hydrogen-bond acceptors (Lipinski definition) is 4. The maximum Gasteiger partial charge on any atom is 0.264 e. The van der Waals surface area contributed by atoms with Crippen LogP contribution in [0.1, 0.15) is 28.1 Å². The van der Waals surface area contributed by atoms with Crippen LogP contribution >= 0.6 is 15.9 Å². The van der Waals surface area contributed by atoms with Crippen molar-refractivity contribution in [2.24, 2.45) is 5.10 Å². The Balaban J connectivity index is 1.56. The summed E-state index contributed by atoms with van der Waals surface area (Å²) in [6.07, 6.45) is 1.57. The summed E-state index contributed by atoms with van der Waals surface area (Å²) >= 11 is 3.51. The second-order valence-corrected chi connectivity index (χ2v) is 11.8. The van der Waals surface area contributed by atoms with Gasteiger partial charge in [0.25, 0.3) is 15.9 Å². The van der Waals surface area contributed by atoms with E-state index in [1.807, 2.05) is 70.2 Å². The minimum atomic E-state index is -4.00. The number of hydrazone groups is 1. The number of aromatic nitrogens is 1. The van der Waals surface area contributed by atoms with Gasteiger partial charge in [-0.15, -0.1) is 0 Å². The summed E-state index contributed by atoms with van der Waals surface area (Å²) in [4.78, 5) is 13.0. The number of rotatable bonds is 8. The monoisotopic (exact) mass is 592 g/mol. The van der Waals surface area contributed by atoms with Crippen LogP contribution in [0.15, 0.2) is 93.3 Å². The van der Waals surface area contributed by atoms with E-state index in [9.17, 15) is 13.2 Å². The third-order valence-electron chi connectivity index (χ3n) is 6.21. The fourth-order valence-corrected chi connectivity index (χ4v) is 6.12. The number of anilines is 1. The highest BCUT2D eigenvalue weighted by atomic mass is 79.9. The number of nitrogens with one attached hydrogen (secondary N) is 1. The zero-order valence-electron chi connectivity index (χ0n) is 21.6. The van der Waals surface area contributed by atoms with Crippen LogP contribution in [0.4, 0.5) is 5.69 Å². The van der Waals surface area contributed by atoms with Crippen molar-refractivity contribution in [3.8, 4) is 5.69 Å². The van der Waals surface area contributed by atoms with Gasteiger partial charge in [0, 0.05) is 27.1 Å². The molecular weight excluding hydrogens is 564 g/mol. The molecular formula is C29H29BrN4O3S. The van der Waals surface area contributed by atoms with Gasteiger partial charge in [-0.3, -0.25) is 9.10 Å². The molecule has 0 saturated heterocycles. The highest BCUT2D eigenvalue weighted by Crippen LogP contribution is 2.27. The third-order valence-corrected chi connectivity index (χ3v) is 8.48. The topological polar surface area (TPSA) is 83.8 Å². The number of nitrogens with zero attached hydrogens (tertiary/aromatic N) is 3. The second kappa shape index (κ2) is 11.4. The van der Waals surface area contributed by atoms with E-state index >= 15 is 0 Å². The SMILES string of the molecule is Cc1ccc(S(=O)(=O)N(CC(=O)N/N=C\c2cc(C)n(-c3cccc(Br)c3)c2C)c2ccccc2C)cc1. The minimum absolute atomic E-state index is 0.114. The van der Waals surface area contributed by atoms with Gasteiger partial charge in [-0.1, -0.05) is 57.9 Å². The number of amides is 1. The Bertz CT molecular complexity index is 1610. The Hall–Kier alpha value is -3.69. The zero-order valence-corrected chi connectivity index (χ0v) is 24.0. The zero-order chi connectivity index (χ0) is 27.4. The van der Waals surface area contributed by atoms with E-state index in [0.717, 1.165) is 42.5 Å². The normalized spacial score (nSPS) is 11.6. The number of halogens is 1. The van der Waals surface area contributed by atoms with Gasteiger partial charge in [0.15, 0.2) is 0 Å². The number of carbonyl (C=O) groups is 1. The average Bonchev–Trinajstić information content (AvgIpc) is 3.16. The van der Waals surface area contributed by atoms with E-state index in [-0.39, 0.29) is 4.90 Å². The Morgan fingerprint density at radius 3 is 2.37 bits per heavy atom. The molecule has 0 unspecified atom stereocenters. The number of sulfonamides is 1. The van der Waals surface area contributed by atoms with Gasteiger partial charge < -0.3 is 4.57 Å². The summed E-state index contributed by atoms with van der Waals surface area (Å²) in [6, 6.07) is 23.6. The molecule has 4 rings (SSSR count). The van der Waals surface area contributed by atoms with Crippen LogP contribution in [-0.2, 0) is 14.8 Å². The quantitative estimate of drug-likeness (QED) is 0.207. The third kappa shape index (κ3) is 5.89. The van der Waals surface area contributed by atoms with E-state index in [4.69, 9.17) is 0 Å². The van der Waals surface area contributed by atoms with Gasteiger partial charge in [0.05, 0.1) is 16.8 Å². The number of carbonyl (C=O) groups excluding carboxylic acids is 1. The van der Waals surface area contributed by atoms with Crippen molar-refractivity contribution in [3.05, 3.63) is 111 Å². The first kappa shape index (κ1) is 27.3. The van der Waals surface area contributed by atoms with E-state index in [1.54, 1.807) is 42.6 Å². The van der Waals surface area contributed by atoms with Gasteiger partial charge in [0.2, 0.25) is 0 Å². The van der Waals surface area contributed by atoms with E-state index in [0.29, 0.717) is 5.69 Å². The van der Waals surface area contributed by atoms with Gasteiger partial charge in [-0.05, 0) is 75.7 Å². The van der Waals surface area contributed by atoms with E-state index in [1.165, 1.54) is 0 Å². The first-order valence-electron chi connectivity index (χ1n) is 12.0. The fraction of sp³-hybridized carbons (Fsp3) is 0.172. The molecule has 1 aromatic heterocycles. The lowest BCUT2D eigenvalue weighted by Gasteiger charge is -2.25. The molecule has 0 bridgehead atoms. The molecule has 4 aromatic rings. The van der Waals surface area contributed by atoms with Crippen molar-refractivity contribution in [3.63, 3.8) is 0 Å². The molecule has 9 heteroatoms. The molecule has 7 nitrogen and oxygen atoms in total. The Morgan fingerprint density at radius 1 is 0.974 bits per heavy atom. The van der Waals surface area contributed by atoms with Crippen molar-refractivity contribution in [2.75, 3.05) is 10.8 Å². The lowest BCUT2D eigenvalue weighted by molar-refractivity contribution is -0.119. The van der Waals surface area contributed by atoms with Crippen LogP contribution < -0.4 is 9.73 Å². The molecule has 38 heavy (non-hydrogen) atoms. The molecule has 0 saturated carbocycles. The molecule has 0 radical (unpaired) electrons. The minimum Gasteiger partial charge on any atom is -0.318 e. The van der Waals surface area contributed by atoms with Crippen LogP contribution in [0, 0.1) is 27.7 Å². The summed E-state index contributed by atoms with van der Waals surface area (Å²) in [6.45, 7) is 7.25. The van der Waals surface area contributed by atoms with Gasteiger partial charge in [-0.25, -0.2) is 13.8 Å². The van der Waals surface area contributed by atoms with Crippen molar-refractivity contribution < 1.29 is 13.2 Å². The Labute approximate surface area is 232 Å². The van der Waals surface area contributed by atoms with Gasteiger partial charge >= 0.3 is 0 Å². The molecule has 1 heterocycles. The predicted octanol–water partition coefficient (Wildman–Crippen LogP) is 5.82. The molecule has 0 aliphatic rings. The highest BCUT2D eigenvalue weighted by Gasteiger charge is 2.28. The molecule has 3 aromatic carbocycles. The number of benzene rings is 3. The molecule has 0 aliphatic carbocycles. The maximum absolute atomic E-state index is 13.6. The van der Waals surface area contributed by atoms with Crippen molar-refractivity contribution in [2.45, 2.75) is 32.6 Å². The van der Waals surface area contributed by atoms with Crippen LogP contribution in [0.5, 0.6) is 0 Å². The smallest absolute Gasteiger partial charge is 0.264 e. The molecule has 0 atom stereocenters. The van der Waals surface area contributed by atoms with Crippen molar-refractivity contribution in [1.82, 2.24) is 9.99 Å². The van der Waals surface area contributed by atoms with Crippen LogP contribution in [0.2, 0.25) is 0 Å². The average molecular weight is 594 g/mol. The number of para-hydroxylation sites is 1. The lowest BCUT2D eigenvalue weighted by atomic mass is 10.2. The van der Waals surface area contributed by atoms with Crippen molar-refractivity contribution >= 4 is 43.8 Å². The molecule has 1 amide bonds. The van der Waals surface area contributed by atoms with E-state index < -0.39 is 22.5 Å². The van der Waals surface area contributed by atoms with Crippen LogP contribution in [0.3, 0.4) is 0 Å². The summed E-state index contributed by atoms with van der Waals surface area (Å²) in [5, 5.41) is 4.13. The second-order valence-electron chi connectivity index (χ2n) is 9.05. The first-order chi connectivity index (χ1) is 18.1. The fourth-order valence-electron chi connectivity index (χ4n) is 4.25. The van der Waals surface area contributed by atoms with Crippen LogP contribution in [0.25, 0.3) is 5.69 Å². The molecule has 1 N–H and O–H groups in total. The molecule has 0 aliphatic heterocycles. The summed E-state index contributed by atoms with van der Waals surface area (Å²) in [5.41, 5.74) is 8.43. The summed E-state index contributed by atoms with van der Waals surface area (Å²) < 4.78 is 31.3.